The van der Waals surface area contributed by atoms with E-state index in [1.54, 1.807) is 0 Å². The molecule has 0 amide bonds. The maximum Gasteiger partial charge on any atom is 0.132 e. The SMILES string of the molecule is Cc1[nH]c(C2CSC2)nc(=S)c1C. The summed E-state index contributed by atoms with van der Waals surface area (Å²) >= 11 is 7.14. The summed E-state index contributed by atoms with van der Waals surface area (Å²) in [6.07, 6.45) is 0. The van der Waals surface area contributed by atoms with Crippen molar-refractivity contribution in [2.24, 2.45) is 0 Å². The number of hydrogen-bond acceptors (Lipinski definition) is 3. The van der Waals surface area contributed by atoms with Crippen LogP contribution in [0, 0.1) is 18.5 Å². The van der Waals surface area contributed by atoms with Gasteiger partial charge in [-0.05, 0) is 13.8 Å². The van der Waals surface area contributed by atoms with Gasteiger partial charge in [0, 0.05) is 28.7 Å². The van der Waals surface area contributed by atoms with Gasteiger partial charge in [-0.2, -0.15) is 11.8 Å². The van der Waals surface area contributed by atoms with Crippen LogP contribution < -0.4 is 0 Å². The zero-order chi connectivity index (χ0) is 9.42. The molecular formula is C9H12N2S2. The van der Waals surface area contributed by atoms with E-state index in [2.05, 4.69) is 16.9 Å². The first kappa shape index (κ1) is 9.21. The molecule has 4 heteroatoms. The third-order valence-electron chi connectivity index (χ3n) is 2.45. The van der Waals surface area contributed by atoms with Gasteiger partial charge in [-0.15, -0.1) is 0 Å². The van der Waals surface area contributed by atoms with Crippen LogP contribution >= 0.6 is 24.0 Å². The normalized spacial score (nSPS) is 17.1. The van der Waals surface area contributed by atoms with Gasteiger partial charge in [0.15, 0.2) is 0 Å². The predicted molar refractivity (Wildman–Crippen MR) is 59.0 cm³/mol. The summed E-state index contributed by atoms with van der Waals surface area (Å²) in [5.41, 5.74) is 2.26. The summed E-state index contributed by atoms with van der Waals surface area (Å²) in [5, 5.41) is 0. The molecule has 1 N–H and O–H groups in total. The number of thioether (sulfide) groups is 1. The van der Waals surface area contributed by atoms with E-state index in [1.807, 2.05) is 18.7 Å². The predicted octanol–water partition coefficient (Wildman–Crippen LogP) is 2.59. The second-order valence-electron chi connectivity index (χ2n) is 3.41. The molecule has 2 rings (SSSR count). The summed E-state index contributed by atoms with van der Waals surface area (Å²) in [5.74, 6) is 4.04. The van der Waals surface area contributed by atoms with E-state index in [0.717, 1.165) is 21.7 Å². The molecule has 0 aromatic carbocycles. The molecule has 0 unspecified atom stereocenters. The number of H-pyrrole nitrogens is 1. The Kier molecular flexibility index (Phi) is 2.43. The van der Waals surface area contributed by atoms with Gasteiger partial charge in [-0.1, -0.05) is 12.2 Å². The van der Waals surface area contributed by atoms with E-state index in [0.29, 0.717) is 5.92 Å². The summed E-state index contributed by atoms with van der Waals surface area (Å²) in [7, 11) is 0. The lowest BCUT2D eigenvalue weighted by Crippen LogP contribution is -2.19. The fourth-order valence-corrected chi connectivity index (χ4v) is 2.29. The van der Waals surface area contributed by atoms with Crippen molar-refractivity contribution < 1.29 is 0 Å². The Morgan fingerprint density at radius 3 is 2.62 bits per heavy atom. The highest BCUT2D eigenvalue weighted by Gasteiger charge is 2.22. The summed E-state index contributed by atoms with van der Waals surface area (Å²) in [4.78, 5) is 7.73. The second-order valence-corrected chi connectivity index (χ2v) is 4.87. The lowest BCUT2D eigenvalue weighted by atomic mass is 10.1. The monoisotopic (exact) mass is 212 g/mol. The van der Waals surface area contributed by atoms with Gasteiger partial charge in [-0.25, -0.2) is 4.98 Å². The minimum atomic E-state index is 0.603. The lowest BCUT2D eigenvalue weighted by Gasteiger charge is -2.24. The fraction of sp³-hybridized carbons (Fsp3) is 0.556. The van der Waals surface area contributed by atoms with Crippen molar-refractivity contribution in [2.75, 3.05) is 11.5 Å². The van der Waals surface area contributed by atoms with Gasteiger partial charge in [0.2, 0.25) is 0 Å². The van der Waals surface area contributed by atoms with E-state index >= 15 is 0 Å². The van der Waals surface area contributed by atoms with Gasteiger partial charge >= 0.3 is 0 Å². The Labute approximate surface area is 87.2 Å². The molecule has 1 aromatic heterocycles. The van der Waals surface area contributed by atoms with Crippen LogP contribution in [0.25, 0.3) is 0 Å². The molecule has 1 aromatic rings. The Morgan fingerprint density at radius 2 is 2.15 bits per heavy atom. The minimum absolute atomic E-state index is 0.603. The maximum atomic E-state index is 5.18. The van der Waals surface area contributed by atoms with Gasteiger partial charge in [0.05, 0.1) is 0 Å². The van der Waals surface area contributed by atoms with E-state index in [1.165, 1.54) is 11.5 Å². The maximum absolute atomic E-state index is 5.18. The average Bonchev–Trinajstić information content (AvgIpc) is 1.96. The second kappa shape index (κ2) is 3.42. The van der Waals surface area contributed by atoms with Crippen LogP contribution in [-0.4, -0.2) is 21.5 Å². The molecule has 13 heavy (non-hydrogen) atoms. The van der Waals surface area contributed by atoms with Crippen LogP contribution in [0.2, 0.25) is 0 Å². The van der Waals surface area contributed by atoms with E-state index < -0.39 is 0 Å². The van der Waals surface area contributed by atoms with Crippen LogP contribution in [-0.2, 0) is 0 Å². The first-order valence-corrected chi connectivity index (χ1v) is 5.90. The molecule has 0 aliphatic carbocycles. The number of aryl methyl sites for hydroxylation is 1. The summed E-state index contributed by atoms with van der Waals surface area (Å²) in [6.45, 7) is 4.07. The van der Waals surface area contributed by atoms with Crippen LogP contribution in [0.3, 0.4) is 0 Å². The Morgan fingerprint density at radius 1 is 1.46 bits per heavy atom. The van der Waals surface area contributed by atoms with Gasteiger partial charge in [-0.3, -0.25) is 0 Å². The van der Waals surface area contributed by atoms with E-state index in [9.17, 15) is 0 Å². The largest absolute Gasteiger partial charge is 0.347 e. The van der Waals surface area contributed by atoms with Gasteiger partial charge in [0.25, 0.3) is 0 Å². The first-order chi connectivity index (χ1) is 6.18. The minimum Gasteiger partial charge on any atom is -0.347 e. The number of rotatable bonds is 1. The van der Waals surface area contributed by atoms with E-state index in [-0.39, 0.29) is 0 Å². The highest BCUT2D eigenvalue weighted by atomic mass is 32.2. The molecule has 0 radical (unpaired) electrons. The number of nitrogens with one attached hydrogen (secondary N) is 1. The van der Waals surface area contributed by atoms with Crippen molar-refractivity contribution in [3.8, 4) is 0 Å². The molecule has 70 valence electrons. The van der Waals surface area contributed by atoms with Crippen molar-refractivity contribution in [3.63, 3.8) is 0 Å². The molecular weight excluding hydrogens is 200 g/mol. The summed E-state index contributed by atoms with van der Waals surface area (Å²) < 4.78 is 0.753. The molecule has 1 saturated heterocycles. The number of aromatic amines is 1. The number of hydrogen-bond donors (Lipinski definition) is 1. The first-order valence-electron chi connectivity index (χ1n) is 4.33. The average molecular weight is 212 g/mol. The van der Waals surface area contributed by atoms with Crippen LogP contribution in [0.4, 0.5) is 0 Å². The molecule has 1 fully saturated rings. The van der Waals surface area contributed by atoms with Crippen LogP contribution in [0.5, 0.6) is 0 Å². The van der Waals surface area contributed by atoms with Crippen LogP contribution in [0.15, 0.2) is 0 Å². The van der Waals surface area contributed by atoms with Crippen molar-refractivity contribution in [2.45, 2.75) is 19.8 Å². The standard InChI is InChI=1S/C9H12N2S2/c1-5-6(2)10-8(11-9(5)12)7-3-13-4-7/h7H,3-4H2,1-2H3,(H,10,11,12). The quantitative estimate of drug-likeness (QED) is 0.725. The van der Waals surface area contributed by atoms with Crippen molar-refractivity contribution in [1.29, 1.82) is 0 Å². The molecule has 0 saturated carbocycles. The molecule has 1 aliphatic rings. The number of aromatic nitrogens is 2. The van der Waals surface area contributed by atoms with Gasteiger partial charge < -0.3 is 4.98 Å². The van der Waals surface area contributed by atoms with Crippen molar-refractivity contribution in [1.82, 2.24) is 9.97 Å². The van der Waals surface area contributed by atoms with Crippen molar-refractivity contribution in [3.05, 3.63) is 21.7 Å². The molecule has 2 heterocycles. The van der Waals surface area contributed by atoms with Gasteiger partial charge in [0.1, 0.15) is 10.5 Å². The van der Waals surface area contributed by atoms with E-state index in [4.69, 9.17) is 12.2 Å². The van der Waals surface area contributed by atoms with Crippen LogP contribution in [0.1, 0.15) is 23.0 Å². The highest BCUT2D eigenvalue weighted by Crippen LogP contribution is 2.32. The molecule has 2 nitrogen and oxygen atoms in total. The molecule has 0 spiro atoms. The zero-order valence-electron chi connectivity index (χ0n) is 7.76. The summed E-state index contributed by atoms with van der Waals surface area (Å²) in [6, 6.07) is 0. The Bertz CT molecular complexity index is 380. The zero-order valence-corrected chi connectivity index (χ0v) is 9.39. The Hall–Kier alpha value is -0.350. The third-order valence-corrected chi connectivity index (χ3v) is 4.12. The van der Waals surface area contributed by atoms with Crippen molar-refractivity contribution >= 4 is 24.0 Å². The topological polar surface area (TPSA) is 28.7 Å². The molecule has 0 atom stereocenters. The highest BCUT2D eigenvalue weighted by molar-refractivity contribution is 8.00. The number of nitrogens with zero attached hydrogens (tertiary/aromatic N) is 1. The fourth-order valence-electron chi connectivity index (χ4n) is 1.25. The molecule has 0 bridgehead atoms. The molecule has 1 aliphatic heterocycles. The smallest absolute Gasteiger partial charge is 0.132 e. The Balaban J connectivity index is 2.43. The third kappa shape index (κ3) is 1.65. The lowest BCUT2D eigenvalue weighted by molar-refractivity contribution is 0.749.